The second kappa shape index (κ2) is 9.83. The molecule has 1 saturated carbocycles. The van der Waals surface area contributed by atoms with Crippen molar-refractivity contribution in [1.82, 2.24) is 5.32 Å². The van der Waals surface area contributed by atoms with Gasteiger partial charge in [0.1, 0.15) is 0 Å². The van der Waals surface area contributed by atoms with Crippen LogP contribution in [0.4, 0.5) is 0 Å². The van der Waals surface area contributed by atoms with Crippen LogP contribution in [0.1, 0.15) is 26.2 Å². The highest BCUT2D eigenvalue weighted by Crippen LogP contribution is 2.24. The van der Waals surface area contributed by atoms with Gasteiger partial charge < -0.3 is 19.5 Å². The van der Waals surface area contributed by atoms with Crippen LogP contribution in [-0.4, -0.2) is 52.7 Å². The minimum absolute atomic E-state index is 0.651. The highest BCUT2D eigenvalue weighted by Gasteiger charge is 2.19. The summed E-state index contributed by atoms with van der Waals surface area (Å²) in [4.78, 5) is 0. The monoisotopic (exact) mass is 245 g/mol. The van der Waals surface area contributed by atoms with Crippen LogP contribution in [-0.2, 0) is 14.2 Å². The van der Waals surface area contributed by atoms with Gasteiger partial charge >= 0.3 is 0 Å². The van der Waals surface area contributed by atoms with Crippen LogP contribution in [0.15, 0.2) is 0 Å². The van der Waals surface area contributed by atoms with Gasteiger partial charge in [0.2, 0.25) is 0 Å². The van der Waals surface area contributed by atoms with Crippen molar-refractivity contribution in [3.8, 4) is 0 Å². The van der Waals surface area contributed by atoms with Gasteiger partial charge in [0, 0.05) is 19.7 Å². The van der Waals surface area contributed by atoms with Crippen LogP contribution in [0.2, 0.25) is 0 Å². The number of hydrogen-bond donors (Lipinski definition) is 1. The third kappa shape index (κ3) is 7.71. The number of ether oxygens (including phenoxy) is 3. The summed E-state index contributed by atoms with van der Waals surface area (Å²) in [6.45, 7) is 6.69. The van der Waals surface area contributed by atoms with E-state index in [2.05, 4.69) is 12.2 Å². The summed E-state index contributed by atoms with van der Waals surface area (Å²) < 4.78 is 15.6. The van der Waals surface area contributed by atoms with E-state index in [4.69, 9.17) is 14.2 Å². The zero-order chi connectivity index (χ0) is 12.3. The molecule has 2 unspecified atom stereocenters. The molecular formula is C13H27NO3. The summed E-state index contributed by atoms with van der Waals surface area (Å²) >= 11 is 0. The Bertz CT molecular complexity index is 178. The molecule has 4 nitrogen and oxygen atoms in total. The van der Waals surface area contributed by atoms with E-state index < -0.39 is 0 Å². The molecule has 1 aliphatic rings. The van der Waals surface area contributed by atoms with Gasteiger partial charge in [-0.15, -0.1) is 0 Å². The summed E-state index contributed by atoms with van der Waals surface area (Å²) in [6.07, 6.45) is 4.01. The average Bonchev–Trinajstić information content (AvgIpc) is 2.73. The van der Waals surface area contributed by atoms with Crippen molar-refractivity contribution >= 4 is 0 Å². The van der Waals surface area contributed by atoms with Crippen molar-refractivity contribution in [2.24, 2.45) is 5.92 Å². The Morgan fingerprint density at radius 3 is 2.35 bits per heavy atom. The Kier molecular flexibility index (Phi) is 8.61. The van der Waals surface area contributed by atoms with E-state index in [0.717, 1.165) is 19.1 Å². The van der Waals surface area contributed by atoms with Crippen molar-refractivity contribution in [3.05, 3.63) is 0 Å². The highest BCUT2D eigenvalue weighted by atomic mass is 16.5. The van der Waals surface area contributed by atoms with E-state index in [1.54, 1.807) is 7.11 Å². The molecule has 0 aromatic heterocycles. The molecule has 1 aliphatic carbocycles. The SMILES string of the molecule is COCCOCCOCCNC1CCC(C)C1. The molecule has 17 heavy (non-hydrogen) atoms. The lowest BCUT2D eigenvalue weighted by atomic mass is 10.1. The first-order valence-corrected chi connectivity index (χ1v) is 6.70. The predicted molar refractivity (Wildman–Crippen MR) is 68.3 cm³/mol. The lowest BCUT2D eigenvalue weighted by Gasteiger charge is -2.12. The lowest BCUT2D eigenvalue weighted by molar-refractivity contribution is 0.0252. The molecule has 1 rings (SSSR count). The quantitative estimate of drug-likeness (QED) is 0.591. The summed E-state index contributed by atoms with van der Waals surface area (Å²) in [5, 5.41) is 3.54. The maximum atomic E-state index is 5.47. The van der Waals surface area contributed by atoms with Gasteiger partial charge in [-0.3, -0.25) is 0 Å². The second-order valence-corrected chi connectivity index (χ2v) is 4.79. The van der Waals surface area contributed by atoms with Crippen molar-refractivity contribution < 1.29 is 14.2 Å². The molecule has 0 spiro atoms. The fourth-order valence-electron chi connectivity index (χ4n) is 2.19. The summed E-state index contributed by atoms with van der Waals surface area (Å²) in [5.74, 6) is 0.891. The molecule has 1 N–H and O–H groups in total. The van der Waals surface area contributed by atoms with Gasteiger partial charge in [0.25, 0.3) is 0 Å². The third-order valence-electron chi connectivity index (χ3n) is 3.18. The van der Waals surface area contributed by atoms with Gasteiger partial charge in [-0.2, -0.15) is 0 Å². The summed E-state index contributed by atoms with van der Waals surface area (Å²) in [6, 6.07) is 0.714. The molecular weight excluding hydrogens is 218 g/mol. The maximum absolute atomic E-state index is 5.47. The maximum Gasteiger partial charge on any atom is 0.0701 e. The normalized spacial score (nSPS) is 24.4. The molecule has 0 saturated heterocycles. The number of hydrogen-bond acceptors (Lipinski definition) is 4. The molecule has 4 heteroatoms. The van der Waals surface area contributed by atoms with Crippen LogP contribution >= 0.6 is 0 Å². The molecule has 0 amide bonds. The van der Waals surface area contributed by atoms with Gasteiger partial charge in [0.15, 0.2) is 0 Å². The molecule has 0 bridgehead atoms. The Morgan fingerprint density at radius 2 is 1.71 bits per heavy atom. The van der Waals surface area contributed by atoms with E-state index in [-0.39, 0.29) is 0 Å². The first-order valence-electron chi connectivity index (χ1n) is 6.70. The topological polar surface area (TPSA) is 39.7 Å². The van der Waals surface area contributed by atoms with Gasteiger partial charge in [-0.25, -0.2) is 0 Å². The van der Waals surface area contributed by atoms with E-state index in [9.17, 15) is 0 Å². The van der Waals surface area contributed by atoms with Crippen LogP contribution < -0.4 is 5.32 Å². The fourth-order valence-corrected chi connectivity index (χ4v) is 2.19. The molecule has 102 valence electrons. The van der Waals surface area contributed by atoms with Crippen LogP contribution in [0, 0.1) is 5.92 Å². The minimum Gasteiger partial charge on any atom is -0.382 e. The largest absolute Gasteiger partial charge is 0.382 e. The van der Waals surface area contributed by atoms with Crippen molar-refractivity contribution in [1.29, 1.82) is 0 Å². The molecule has 1 fully saturated rings. The summed E-state index contributed by atoms with van der Waals surface area (Å²) in [5.41, 5.74) is 0. The Labute approximate surface area is 105 Å². The molecule has 0 radical (unpaired) electrons. The Balaban J connectivity index is 1.75. The van der Waals surface area contributed by atoms with Gasteiger partial charge in [-0.1, -0.05) is 6.92 Å². The zero-order valence-corrected chi connectivity index (χ0v) is 11.2. The first-order chi connectivity index (χ1) is 8.33. The highest BCUT2D eigenvalue weighted by molar-refractivity contribution is 4.77. The number of nitrogens with one attached hydrogen (secondary N) is 1. The number of methoxy groups -OCH3 is 1. The average molecular weight is 245 g/mol. The predicted octanol–water partition coefficient (Wildman–Crippen LogP) is 1.44. The lowest BCUT2D eigenvalue weighted by Crippen LogP contribution is -2.30. The van der Waals surface area contributed by atoms with Crippen LogP contribution in [0.5, 0.6) is 0 Å². The molecule has 0 aliphatic heterocycles. The smallest absolute Gasteiger partial charge is 0.0701 e. The summed E-state index contributed by atoms with van der Waals surface area (Å²) in [7, 11) is 1.68. The first kappa shape index (κ1) is 14.9. The van der Waals surface area contributed by atoms with Crippen LogP contribution in [0.3, 0.4) is 0 Å². The van der Waals surface area contributed by atoms with Crippen molar-refractivity contribution in [3.63, 3.8) is 0 Å². The van der Waals surface area contributed by atoms with Gasteiger partial charge in [-0.05, 0) is 25.2 Å². The van der Waals surface area contributed by atoms with E-state index >= 15 is 0 Å². The van der Waals surface area contributed by atoms with Crippen LogP contribution in [0.25, 0.3) is 0 Å². The van der Waals surface area contributed by atoms with Crippen molar-refractivity contribution in [2.75, 3.05) is 46.7 Å². The molecule has 0 aromatic carbocycles. The Hall–Kier alpha value is -0.160. The van der Waals surface area contributed by atoms with E-state index in [1.807, 2.05) is 0 Å². The molecule has 0 aromatic rings. The zero-order valence-electron chi connectivity index (χ0n) is 11.2. The standard InChI is InChI=1S/C13H27NO3/c1-12-3-4-13(11-12)14-5-6-16-9-10-17-8-7-15-2/h12-14H,3-11H2,1-2H3. The molecule has 0 heterocycles. The minimum atomic E-state index is 0.651. The third-order valence-corrected chi connectivity index (χ3v) is 3.18. The van der Waals surface area contributed by atoms with Crippen molar-refractivity contribution in [2.45, 2.75) is 32.2 Å². The van der Waals surface area contributed by atoms with E-state index in [0.29, 0.717) is 32.5 Å². The van der Waals surface area contributed by atoms with Gasteiger partial charge in [0.05, 0.1) is 33.0 Å². The van der Waals surface area contributed by atoms with E-state index in [1.165, 1.54) is 19.3 Å². The second-order valence-electron chi connectivity index (χ2n) is 4.79. The number of rotatable bonds is 10. The Morgan fingerprint density at radius 1 is 1.00 bits per heavy atom. The molecule has 2 atom stereocenters. The fraction of sp³-hybridized carbons (Fsp3) is 1.00.